The van der Waals surface area contributed by atoms with Gasteiger partial charge in [-0.2, -0.15) is 0 Å². The van der Waals surface area contributed by atoms with E-state index in [0.29, 0.717) is 15.6 Å². The Labute approximate surface area is 196 Å². The molecule has 0 aliphatic heterocycles. The lowest BCUT2D eigenvalue weighted by Gasteiger charge is -2.12. The standard InChI is InChI=1S/C27H19Cl2NO2/c28-20-11-8-17(9-12-20)14-19-10-13-23-25(22-6-1-2-7-24(22)30-26(19)23)27(31)32-16-18-4-3-5-21(29)15-18/h1-9,11-12,14-15H,10,13,16H2. The first-order valence-corrected chi connectivity index (χ1v) is 11.1. The van der Waals surface area contributed by atoms with Crippen molar-refractivity contribution in [2.75, 3.05) is 0 Å². The summed E-state index contributed by atoms with van der Waals surface area (Å²) >= 11 is 12.1. The summed E-state index contributed by atoms with van der Waals surface area (Å²) in [6.45, 7) is 0.165. The van der Waals surface area contributed by atoms with Crippen LogP contribution in [0.15, 0.2) is 72.8 Å². The molecule has 1 aromatic heterocycles. The molecule has 1 aliphatic carbocycles. The highest BCUT2D eigenvalue weighted by Gasteiger charge is 2.27. The summed E-state index contributed by atoms with van der Waals surface area (Å²) in [6.07, 6.45) is 3.68. The van der Waals surface area contributed by atoms with Crippen molar-refractivity contribution in [1.82, 2.24) is 4.98 Å². The molecule has 5 rings (SSSR count). The molecule has 3 nitrogen and oxygen atoms in total. The molecule has 0 amide bonds. The monoisotopic (exact) mass is 459 g/mol. The van der Waals surface area contributed by atoms with Crippen molar-refractivity contribution in [1.29, 1.82) is 0 Å². The normalized spacial score (nSPS) is 14.0. The third-order valence-electron chi connectivity index (χ3n) is 5.62. The molecule has 3 aromatic carbocycles. The van der Waals surface area contributed by atoms with Crippen LogP contribution in [0, 0.1) is 0 Å². The number of carbonyl (C=O) groups excluding carboxylic acids is 1. The number of esters is 1. The van der Waals surface area contributed by atoms with Crippen LogP contribution in [0.2, 0.25) is 10.0 Å². The Morgan fingerprint density at radius 2 is 1.75 bits per heavy atom. The minimum Gasteiger partial charge on any atom is -0.457 e. The van der Waals surface area contributed by atoms with Gasteiger partial charge < -0.3 is 4.74 Å². The molecule has 0 saturated heterocycles. The van der Waals surface area contributed by atoms with Gasteiger partial charge in [0.2, 0.25) is 0 Å². The smallest absolute Gasteiger partial charge is 0.339 e. The van der Waals surface area contributed by atoms with Gasteiger partial charge in [0.15, 0.2) is 0 Å². The number of hydrogen-bond donors (Lipinski definition) is 0. The molecule has 0 bridgehead atoms. The van der Waals surface area contributed by atoms with E-state index in [1.54, 1.807) is 12.1 Å². The molecule has 4 aromatic rings. The van der Waals surface area contributed by atoms with Crippen molar-refractivity contribution < 1.29 is 9.53 Å². The number of rotatable bonds is 4. The van der Waals surface area contributed by atoms with Crippen molar-refractivity contribution >= 4 is 51.7 Å². The first-order chi connectivity index (χ1) is 15.6. The van der Waals surface area contributed by atoms with Crippen LogP contribution in [0.1, 0.15) is 39.2 Å². The largest absolute Gasteiger partial charge is 0.457 e. The molecule has 0 atom stereocenters. The Balaban J connectivity index is 1.54. The van der Waals surface area contributed by atoms with Gasteiger partial charge in [-0.15, -0.1) is 0 Å². The van der Waals surface area contributed by atoms with Crippen LogP contribution in [-0.4, -0.2) is 11.0 Å². The number of fused-ring (bicyclic) bond motifs is 2. The number of benzene rings is 3. The SMILES string of the molecule is O=C(OCc1cccc(Cl)c1)c1c2c(nc3ccccc13)C(=Cc1ccc(Cl)cc1)CC2. The second-order valence-electron chi connectivity index (χ2n) is 7.76. The van der Waals surface area contributed by atoms with Crippen molar-refractivity contribution in [3.8, 4) is 0 Å². The molecule has 5 heteroatoms. The van der Waals surface area contributed by atoms with Crippen molar-refractivity contribution in [3.05, 3.63) is 111 Å². The molecular formula is C27H19Cl2NO2. The van der Waals surface area contributed by atoms with Crippen LogP contribution in [0.5, 0.6) is 0 Å². The molecule has 0 radical (unpaired) electrons. The van der Waals surface area contributed by atoms with Gasteiger partial charge >= 0.3 is 5.97 Å². The van der Waals surface area contributed by atoms with Gasteiger partial charge in [0, 0.05) is 15.4 Å². The average molecular weight is 460 g/mol. The fraction of sp³-hybridized carbons (Fsp3) is 0.111. The molecule has 0 fully saturated rings. The number of pyridine rings is 1. The molecule has 0 N–H and O–H groups in total. The second kappa shape index (κ2) is 8.78. The first kappa shape index (κ1) is 20.7. The highest BCUT2D eigenvalue weighted by Crippen LogP contribution is 2.38. The van der Waals surface area contributed by atoms with E-state index in [9.17, 15) is 4.79 Å². The quantitative estimate of drug-likeness (QED) is 0.298. The summed E-state index contributed by atoms with van der Waals surface area (Å²) in [5, 5.41) is 2.13. The second-order valence-corrected chi connectivity index (χ2v) is 8.63. The molecule has 158 valence electrons. The van der Waals surface area contributed by atoms with Gasteiger partial charge in [0.25, 0.3) is 0 Å². The Bertz CT molecular complexity index is 1360. The average Bonchev–Trinajstić information content (AvgIpc) is 3.19. The first-order valence-electron chi connectivity index (χ1n) is 10.4. The summed E-state index contributed by atoms with van der Waals surface area (Å²) in [5.41, 5.74) is 6.21. The topological polar surface area (TPSA) is 39.2 Å². The molecule has 0 unspecified atom stereocenters. The number of ether oxygens (including phenoxy) is 1. The van der Waals surface area contributed by atoms with E-state index in [1.165, 1.54) is 0 Å². The van der Waals surface area contributed by atoms with Crippen LogP contribution in [0.4, 0.5) is 0 Å². The van der Waals surface area contributed by atoms with Crippen LogP contribution in [0.3, 0.4) is 0 Å². The minimum atomic E-state index is -0.340. The van der Waals surface area contributed by atoms with E-state index < -0.39 is 0 Å². The lowest BCUT2D eigenvalue weighted by Crippen LogP contribution is -2.10. The van der Waals surface area contributed by atoms with E-state index in [4.69, 9.17) is 32.9 Å². The fourth-order valence-electron chi connectivity index (χ4n) is 4.12. The van der Waals surface area contributed by atoms with Crippen LogP contribution in [0.25, 0.3) is 22.6 Å². The summed E-state index contributed by atoms with van der Waals surface area (Å²) in [7, 11) is 0. The van der Waals surface area contributed by atoms with Gasteiger partial charge in [-0.3, -0.25) is 0 Å². The fourth-order valence-corrected chi connectivity index (χ4v) is 4.46. The summed E-state index contributed by atoms with van der Waals surface area (Å²) in [5.74, 6) is -0.340. The van der Waals surface area contributed by atoms with E-state index >= 15 is 0 Å². The van der Waals surface area contributed by atoms with E-state index in [0.717, 1.165) is 51.7 Å². The maximum atomic E-state index is 13.3. The number of aromatic nitrogens is 1. The van der Waals surface area contributed by atoms with Crippen LogP contribution < -0.4 is 0 Å². The Morgan fingerprint density at radius 3 is 2.56 bits per heavy atom. The number of hydrogen-bond acceptors (Lipinski definition) is 3. The third kappa shape index (κ3) is 4.14. The highest BCUT2D eigenvalue weighted by molar-refractivity contribution is 6.30. The van der Waals surface area contributed by atoms with Gasteiger partial charge in [0.1, 0.15) is 6.61 Å². The van der Waals surface area contributed by atoms with E-state index in [1.807, 2.05) is 60.7 Å². The maximum absolute atomic E-state index is 13.3. The Kier molecular flexibility index (Phi) is 5.69. The Morgan fingerprint density at radius 1 is 0.938 bits per heavy atom. The van der Waals surface area contributed by atoms with Crippen molar-refractivity contribution in [2.24, 2.45) is 0 Å². The molecule has 0 spiro atoms. The summed E-state index contributed by atoms with van der Waals surface area (Å²) in [6, 6.07) is 22.8. The zero-order valence-electron chi connectivity index (χ0n) is 17.1. The highest BCUT2D eigenvalue weighted by atomic mass is 35.5. The molecule has 32 heavy (non-hydrogen) atoms. The van der Waals surface area contributed by atoms with Gasteiger partial charge in [-0.25, -0.2) is 9.78 Å². The molecular weight excluding hydrogens is 441 g/mol. The lowest BCUT2D eigenvalue weighted by atomic mass is 10.0. The predicted octanol–water partition coefficient (Wildman–Crippen LogP) is 7.39. The third-order valence-corrected chi connectivity index (χ3v) is 6.10. The summed E-state index contributed by atoms with van der Waals surface area (Å²) in [4.78, 5) is 18.2. The number of nitrogens with zero attached hydrogens (tertiary/aromatic N) is 1. The maximum Gasteiger partial charge on any atom is 0.339 e. The zero-order valence-corrected chi connectivity index (χ0v) is 18.7. The number of carbonyl (C=O) groups is 1. The van der Waals surface area contributed by atoms with E-state index in [2.05, 4.69) is 6.08 Å². The van der Waals surface area contributed by atoms with Gasteiger partial charge in [-0.05, 0) is 71.5 Å². The van der Waals surface area contributed by atoms with Gasteiger partial charge in [-0.1, -0.05) is 65.7 Å². The van der Waals surface area contributed by atoms with Crippen molar-refractivity contribution in [3.63, 3.8) is 0 Å². The Hall–Kier alpha value is -3.14. The van der Waals surface area contributed by atoms with Crippen LogP contribution >= 0.6 is 23.2 Å². The van der Waals surface area contributed by atoms with Crippen LogP contribution in [-0.2, 0) is 17.8 Å². The molecule has 1 aliphatic rings. The van der Waals surface area contributed by atoms with Gasteiger partial charge in [0.05, 0.1) is 16.8 Å². The molecule has 1 heterocycles. The lowest BCUT2D eigenvalue weighted by molar-refractivity contribution is 0.0474. The van der Waals surface area contributed by atoms with Crippen molar-refractivity contribution in [2.45, 2.75) is 19.4 Å². The predicted molar refractivity (Wildman–Crippen MR) is 130 cm³/mol. The number of halogens is 2. The molecule has 0 saturated carbocycles. The number of allylic oxidation sites excluding steroid dienone is 1. The summed E-state index contributed by atoms with van der Waals surface area (Å²) < 4.78 is 5.71. The minimum absolute atomic E-state index is 0.165. The zero-order chi connectivity index (χ0) is 22.1. The number of para-hydroxylation sites is 1. The van der Waals surface area contributed by atoms with E-state index in [-0.39, 0.29) is 12.6 Å².